The first-order valence-corrected chi connectivity index (χ1v) is 8.81. The number of rotatable bonds is 2. The lowest BCUT2D eigenvalue weighted by molar-refractivity contribution is 0.586. The number of fused-ring (bicyclic) bond motifs is 2. The van der Waals surface area contributed by atoms with Gasteiger partial charge in [0.2, 0.25) is 0 Å². The molecule has 1 saturated heterocycles. The molecule has 1 aliphatic rings. The number of piperazine rings is 1. The van der Waals surface area contributed by atoms with Gasteiger partial charge < -0.3 is 10.2 Å². The van der Waals surface area contributed by atoms with Gasteiger partial charge in [-0.25, -0.2) is 9.97 Å². The third kappa shape index (κ3) is 2.40. The van der Waals surface area contributed by atoms with Gasteiger partial charge in [0.25, 0.3) is 0 Å². The van der Waals surface area contributed by atoms with E-state index < -0.39 is 0 Å². The van der Waals surface area contributed by atoms with Gasteiger partial charge >= 0.3 is 0 Å². The minimum absolute atomic E-state index is 0.909. The fourth-order valence-electron chi connectivity index (χ4n) is 3.67. The highest BCUT2D eigenvalue weighted by molar-refractivity contribution is 5.98. The molecule has 5 rings (SSSR count). The van der Waals surface area contributed by atoms with Crippen molar-refractivity contribution < 1.29 is 0 Å². The molecule has 0 unspecified atom stereocenters. The molecule has 0 aliphatic carbocycles. The Balaban J connectivity index is 1.67. The number of hydrogen-bond acceptors (Lipinski definition) is 6. The molecule has 130 valence electrons. The minimum atomic E-state index is 0.909. The third-order valence-electron chi connectivity index (χ3n) is 5.01. The molecule has 2 N–H and O–H groups in total. The molecule has 0 bridgehead atoms. The Morgan fingerprint density at radius 3 is 2.77 bits per heavy atom. The molecule has 4 heterocycles. The summed E-state index contributed by atoms with van der Waals surface area (Å²) in [5, 5.41) is 12.7. The fraction of sp³-hybridized carbons (Fsp3) is 0.263. The second-order valence-corrected chi connectivity index (χ2v) is 6.61. The first-order valence-electron chi connectivity index (χ1n) is 8.81. The summed E-state index contributed by atoms with van der Waals surface area (Å²) in [7, 11) is 0. The summed E-state index contributed by atoms with van der Waals surface area (Å²) in [6.45, 7) is 5.93. The number of aryl methyl sites for hydroxylation is 1. The van der Waals surface area contributed by atoms with Gasteiger partial charge in [-0.15, -0.1) is 0 Å². The summed E-state index contributed by atoms with van der Waals surface area (Å²) >= 11 is 0. The number of aromatic amines is 1. The van der Waals surface area contributed by atoms with Crippen LogP contribution in [0.25, 0.3) is 33.1 Å². The number of anilines is 1. The lowest BCUT2D eigenvalue weighted by Gasteiger charge is -2.29. The largest absolute Gasteiger partial charge is 0.353 e. The Kier molecular flexibility index (Phi) is 3.53. The molecule has 0 saturated carbocycles. The fourth-order valence-corrected chi connectivity index (χ4v) is 3.67. The lowest BCUT2D eigenvalue weighted by Crippen LogP contribution is -2.44. The van der Waals surface area contributed by atoms with Crippen molar-refractivity contribution in [2.75, 3.05) is 31.1 Å². The van der Waals surface area contributed by atoms with Crippen LogP contribution in [0.15, 0.2) is 36.9 Å². The van der Waals surface area contributed by atoms with E-state index in [1.807, 2.05) is 18.5 Å². The number of nitrogens with zero attached hydrogens (tertiary/aromatic N) is 5. The topological polar surface area (TPSA) is 82.6 Å². The Hall–Kier alpha value is -3.06. The zero-order chi connectivity index (χ0) is 17.5. The standard InChI is InChI=1S/C19H19N7/c1-12-2-3-15-13(10-24-25-15)18(12)17-8-16-14(9-21-17)19(23-11-22-16)26-6-4-20-5-7-26/h2-3,8-11,20H,4-7H2,1H3,(H,24,25). The maximum Gasteiger partial charge on any atom is 0.141 e. The summed E-state index contributed by atoms with van der Waals surface area (Å²) < 4.78 is 0. The molecule has 0 amide bonds. The van der Waals surface area contributed by atoms with Gasteiger partial charge in [0.15, 0.2) is 0 Å². The van der Waals surface area contributed by atoms with Crippen molar-refractivity contribution in [1.82, 2.24) is 30.5 Å². The van der Waals surface area contributed by atoms with Crippen molar-refractivity contribution in [3.63, 3.8) is 0 Å². The van der Waals surface area contributed by atoms with Crippen molar-refractivity contribution in [2.24, 2.45) is 0 Å². The number of benzene rings is 1. The molecule has 26 heavy (non-hydrogen) atoms. The minimum Gasteiger partial charge on any atom is -0.353 e. The van der Waals surface area contributed by atoms with Gasteiger partial charge in [-0.2, -0.15) is 5.10 Å². The number of H-pyrrole nitrogens is 1. The van der Waals surface area contributed by atoms with Crippen LogP contribution in [0.2, 0.25) is 0 Å². The molecule has 1 aromatic carbocycles. The zero-order valence-corrected chi connectivity index (χ0v) is 14.5. The van der Waals surface area contributed by atoms with E-state index in [0.29, 0.717) is 0 Å². The summed E-state index contributed by atoms with van der Waals surface area (Å²) in [6.07, 6.45) is 5.41. The number of hydrogen-bond donors (Lipinski definition) is 2. The predicted octanol–water partition coefficient (Wildman–Crippen LogP) is 2.29. The van der Waals surface area contributed by atoms with E-state index >= 15 is 0 Å². The van der Waals surface area contributed by atoms with E-state index in [9.17, 15) is 0 Å². The van der Waals surface area contributed by atoms with Crippen LogP contribution in [0, 0.1) is 6.92 Å². The summed E-state index contributed by atoms with van der Waals surface area (Å²) in [6, 6.07) is 6.19. The maximum atomic E-state index is 4.76. The Bertz CT molecular complexity index is 1100. The molecule has 7 heteroatoms. The van der Waals surface area contributed by atoms with E-state index in [2.05, 4.69) is 49.4 Å². The van der Waals surface area contributed by atoms with Crippen molar-refractivity contribution in [3.8, 4) is 11.3 Å². The molecule has 0 atom stereocenters. The molecule has 0 radical (unpaired) electrons. The van der Waals surface area contributed by atoms with Gasteiger partial charge in [-0.3, -0.25) is 10.1 Å². The average molecular weight is 345 g/mol. The quantitative estimate of drug-likeness (QED) is 0.580. The third-order valence-corrected chi connectivity index (χ3v) is 5.01. The molecule has 0 spiro atoms. The highest BCUT2D eigenvalue weighted by Gasteiger charge is 2.17. The molecule has 4 aromatic rings. The SMILES string of the molecule is Cc1ccc2[nH]ncc2c1-c1cc2ncnc(N3CCNCC3)c2cn1. The highest BCUT2D eigenvalue weighted by atomic mass is 15.2. The van der Waals surface area contributed by atoms with Crippen LogP contribution in [0.4, 0.5) is 5.82 Å². The van der Waals surface area contributed by atoms with Gasteiger partial charge in [-0.1, -0.05) is 6.07 Å². The van der Waals surface area contributed by atoms with Crippen molar-refractivity contribution >= 4 is 27.6 Å². The predicted molar refractivity (Wildman–Crippen MR) is 102 cm³/mol. The van der Waals surface area contributed by atoms with Crippen LogP contribution in [-0.4, -0.2) is 51.3 Å². The Labute approximate surface area is 150 Å². The monoisotopic (exact) mass is 345 g/mol. The van der Waals surface area contributed by atoms with Crippen molar-refractivity contribution in [3.05, 3.63) is 42.5 Å². The van der Waals surface area contributed by atoms with Crippen LogP contribution in [0.5, 0.6) is 0 Å². The summed E-state index contributed by atoms with van der Waals surface area (Å²) in [4.78, 5) is 16.1. The van der Waals surface area contributed by atoms with Crippen LogP contribution in [-0.2, 0) is 0 Å². The van der Waals surface area contributed by atoms with Crippen LogP contribution >= 0.6 is 0 Å². The first kappa shape index (κ1) is 15.2. The normalized spacial score (nSPS) is 15.0. The van der Waals surface area contributed by atoms with Crippen LogP contribution < -0.4 is 10.2 Å². The van der Waals surface area contributed by atoms with Crippen molar-refractivity contribution in [1.29, 1.82) is 0 Å². The average Bonchev–Trinajstić information content (AvgIpc) is 3.16. The summed E-state index contributed by atoms with van der Waals surface area (Å²) in [5.41, 5.74) is 5.10. The van der Waals surface area contributed by atoms with E-state index in [4.69, 9.17) is 4.98 Å². The highest BCUT2D eigenvalue weighted by Crippen LogP contribution is 2.32. The van der Waals surface area contributed by atoms with E-state index in [0.717, 1.165) is 65.1 Å². The smallest absolute Gasteiger partial charge is 0.141 e. The molecular formula is C19H19N7. The summed E-state index contributed by atoms with van der Waals surface area (Å²) in [5.74, 6) is 0.966. The zero-order valence-electron chi connectivity index (χ0n) is 14.5. The van der Waals surface area contributed by atoms with E-state index in [1.165, 1.54) is 5.56 Å². The Morgan fingerprint density at radius 1 is 1.00 bits per heavy atom. The molecule has 1 fully saturated rings. The molecule has 1 aliphatic heterocycles. The van der Waals surface area contributed by atoms with E-state index in [1.54, 1.807) is 6.33 Å². The molecule has 7 nitrogen and oxygen atoms in total. The van der Waals surface area contributed by atoms with Gasteiger partial charge in [0.05, 0.1) is 28.3 Å². The lowest BCUT2D eigenvalue weighted by atomic mass is 10.0. The van der Waals surface area contributed by atoms with Gasteiger partial charge in [-0.05, 0) is 24.6 Å². The second kappa shape index (κ2) is 6.03. The van der Waals surface area contributed by atoms with Gasteiger partial charge in [0, 0.05) is 43.3 Å². The number of aromatic nitrogens is 5. The second-order valence-electron chi connectivity index (χ2n) is 6.61. The Morgan fingerprint density at radius 2 is 1.88 bits per heavy atom. The first-order chi connectivity index (χ1) is 12.8. The number of nitrogens with one attached hydrogen (secondary N) is 2. The van der Waals surface area contributed by atoms with Crippen LogP contribution in [0.3, 0.4) is 0 Å². The molecule has 3 aromatic heterocycles. The van der Waals surface area contributed by atoms with Crippen molar-refractivity contribution in [2.45, 2.75) is 6.92 Å². The molecular weight excluding hydrogens is 326 g/mol. The van der Waals surface area contributed by atoms with Gasteiger partial charge in [0.1, 0.15) is 12.1 Å². The van der Waals surface area contributed by atoms with E-state index in [-0.39, 0.29) is 0 Å². The number of pyridine rings is 1. The van der Waals surface area contributed by atoms with Crippen LogP contribution in [0.1, 0.15) is 5.56 Å². The maximum absolute atomic E-state index is 4.76.